The van der Waals surface area contributed by atoms with Gasteiger partial charge in [0.25, 0.3) is 0 Å². The molecule has 0 aliphatic rings. The maximum atomic E-state index is 10.6. The zero-order chi connectivity index (χ0) is 11.5. The van der Waals surface area contributed by atoms with Gasteiger partial charge >= 0.3 is 5.97 Å². The van der Waals surface area contributed by atoms with Crippen LogP contribution < -0.4 is 0 Å². The monoisotopic (exact) mass is 235 g/mol. The molecule has 0 saturated heterocycles. The van der Waals surface area contributed by atoms with Crippen LogP contribution in [-0.4, -0.2) is 16.1 Å². The molecule has 0 aliphatic carbocycles. The van der Waals surface area contributed by atoms with E-state index in [-0.39, 0.29) is 5.76 Å². The van der Waals surface area contributed by atoms with Crippen molar-refractivity contribution >= 4 is 17.7 Å². The molecule has 0 amide bonds. The Morgan fingerprint density at radius 1 is 1.44 bits per heavy atom. The van der Waals surface area contributed by atoms with Crippen LogP contribution in [0.5, 0.6) is 0 Å². The number of nitrogens with zero attached hydrogens (tertiary/aromatic N) is 1. The van der Waals surface area contributed by atoms with Crippen LogP contribution in [0.3, 0.4) is 0 Å². The molecule has 4 nitrogen and oxygen atoms in total. The number of aromatic carboxylic acids is 1. The Morgan fingerprint density at radius 3 is 2.88 bits per heavy atom. The number of carbonyl (C=O) groups is 1. The number of hydrogen-bond acceptors (Lipinski definition) is 4. The first-order valence-corrected chi connectivity index (χ1v) is 5.40. The molecular formula is C11H9NO3S. The van der Waals surface area contributed by atoms with Gasteiger partial charge in [-0.25, -0.2) is 4.79 Å². The van der Waals surface area contributed by atoms with Crippen molar-refractivity contribution in [2.24, 2.45) is 0 Å². The van der Waals surface area contributed by atoms with Gasteiger partial charge in [0.15, 0.2) is 5.09 Å². The van der Waals surface area contributed by atoms with E-state index < -0.39 is 5.97 Å². The van der Waals surface area contributed by atoms with Crippen molar-refractivity contribution in [1.29, 1.82) is 0 Å². The van der Waals surface area contributed by atoms with Crippen LogP contribution in [-0.2, 0) is 0 Å². The molecule has 0 radical (unpaired) electrons. The summed E-state index contributed by atoms with van der Waals surface area (Å²) in [4.78, 5) is 15.7. The van der Waals surface area contributed by atoms with Crippen LogP contribution in [0.25, 0.3) is 0 Å². The van der Waals surface area contributed by atoms with Gasteiger partial charge < -0.3 is 9.52 Å². The molecular weight excluding hydrogens is 226 g/mol. The van der Waals surface area contributed by atoms with E-state index in [0.717, 1.165) is 10.6 Å². The molecule has 2 aromatic rings. The van der Waals surface area contributed by atoms with Crippen molar-refractivity contribution in [2.45, 2.75) is 16.9 Å². The first kappa shape index (κ1) is 10.8. The lowest BCUT2D eigenvalue weighted by molar-refractivity contribution is 0.0656. The largest absolute Gasteiger partial charge is 0.475 e. The summed E-state index contributed by atoms with van der Waals surface area (Å²) >= 11 is 1.37. The zero-order valence-electron chi connectivity index (χ0n) is 8.51. The van der Waals surface area contributed by atoms with Gasteiger partial charge in [-0.3, -0.25) is 4.98 Å². The summed E-state index contributed by atoms with van der Waals surface area (Å²) in [5, 5.41) is 9.25. The second-order valence-electron chi connectivity index (χ2n) is 3.16. The summed E-state index contributed by atoms with van der Waals surface area (Å²) < 4.78 is 5.13. The molecule has 0 aromatic carbocycles. The Morgan fingerprint density at radius 2 is 2.25 bits per heavy atom. The van der Waals surface area contributed by atoms with Crippen LogP contribution >= 0.6 is 11.8 Å². The number of carboxylic acids is 1. The maximum absolute atomic E-state index is 10.6. The SMILES string of the molecule is Cc1cc(Sc2ccc(C(=O)O)o2)ccn1. The van der Waals surface area contributed by atoms with Gasteiger partial charge in [0.1, 0.15) is 0 Å². The normalized spacial score (nSPS) is 10.3. The molecule has 16 heavy (non-hydrogen) atoms. The van der Waals surface area contributed by atoms with Crippen LogP contribution in [0.1, 0.15) is 16.2 Å². The summed E-state index contributed by atoms with van der Waals surface area (Å²) in [5.41, 5.74) is 0.912. The maximum Gasteiger partial charge on any atom is 0.371 e. The van der Waals surface area contributed by atoms with E-state index >= 15 is 0 Å². The number of aromatic nitrogens is 1. The van der Waals surface area contributed by atoms with Crippen molar-refractivity contribution in [1.82, 2.24) is 4.98 Å². The quantitative estimate of drug-likeness (QED) is 0.886. The van der Waals surface area contributed by atoms with E-state index in [9.17, 15) is 4.79 Å². The Labute approximate surface area is 96.3 Å². The van der Waals surface area contributed by atoms with Crippen molar-refractivity contribution in [2.75, 3.05) is 0 Å². The highest BCUT2D eigenvalue weighted by Gasteiger charge is 2.09. The first-order chi connectivity index (χ1) is 7.65. The average molecular weight is 235 g/mol. The van der Waals surface area contributed by atoms with E-state index in [1.807, 2.05) is 19.1 Å². The zero-order valence-corrected chi connectivity index (χ0v) is 9.32. The summed E-state index contributed by atoms with van der Waals surface area (Å²) in [6, 6.07) is 6.84. The number of rotatable bonds is 3. The van der Waals surface area contributed by atoms with Crippen LogP contribution in [0.4, 0.5) is 0 Å². The van der Waals surface area contributed by atoms with Crippen LogP contribution in [0, 0.1) is 6.92 Å². The molecule has 82 valence electrons. The van der Waals surface area contributed by atoms with E-state index in [4.69, 9.17) is 9.52 Å². The Kier molecular flexibility index (Phi) is 2.96. The lowest BCUT2D eigenvalue weighted by Crippen LogP contribution is -1.91. The van der Waals surface area contributed by atoms with Crippen molar-refractivity contribution in [3.8, 4) is 0 Å². The number of furan rings is 1. The molecule has 2 aromatic heterocycles. The highest BCUT2D eigenvalue weighted by molar-refractivity contribution is 7.99. The molecule has 0 atom stereocenters. The van der Waals surface area contributed by atoms with Gasteiger partial charge in [-0.15, -0.1) is 0 Å². The molecule has 0 bridgehead atoms. The van der Waals surface area contributed by atoms with Crippen molar-refractivity contribution < 1.29 is 14.3 Å². The number of pyridine rings is 1. The standard InChI is InChI=1S/C11H9NO3S/c1-7-6-8(4-5-12-7)16-10-3-2-9(15-10)11(13)14/h2-6H,1H3,(H,13,14). The van der Waals surface area contributed by atoms with E-state index in [0.29, 0.717) is 5.09 Å². The summed E-state index contributed by atoms with van der Waals surface area (Å²) in [7, 11) is 0. The summed E-state index contributed by atoms with van der Waals surface area (Å²) in [6.45, 7) is 1.90. The number of aryl methyl sites for hydroxylation is 1. The molecule has 0 fully saturated rings. The average Bonchev–Trinajstić information content (AvgIpc) is 2.66. The number of carboxylic acid groups (broad SMARTS) is 1. The minimum atomic E-state index is -1.06. The van der Waals surface area contributed by atoms with Crippen molar-refractivity contribution in [3.63, 3.8) is 0 Å². The van der Waals surface area contributed by atoms with Crippen LogP contribution in [0.2, 0.25) is 0 Å². The Hall–Kier alpha value is -1.75. The van der Waals surface area contributed by atoms with Gasteiger partial charge in [0, 0.05) is 16.8 Å². The lowest BCUT2D eigenvalue weighted by Gasteiger charge is -1.98. The van der Waals surface area contributed by atoms with Gasteiger partial charge in [-0.05, 0) is 31.2 Å². The minimum absolute atomic E-state index is 0.0479. The molecule has 0 unspecified atom stereocenters. The third kappa shape index (κ3) is 2.43. The first-order valence-electron chi connectivity index (χ1n) is 4.59. The smallest absolute Gasteiger partial charge is 0.371 e. The minimum Gasteiger partial charge on any atom is -0.475 e. The second-order valence-corrected chi connectivity index (χ2v) is 4.24. The second kappa shape index (κ2) is 4.40. The molecule has 0 spiro atoms. The lowest BCUT2D eigenvalue weighted by atomic mass is 10.4. The van der Waals surface area contributed by atoms with Gasteiger partial charge in [0.2, 0.25) is 5.76 Å². The molecule has 0 saturated carbocycles. The van der Waals surface area contributed by atoms with Crippen molar-refractivity contribution in [3.05, 3.63) is 41.9 Å². The molecule has 1 N–H and O–H groups in total. The molecule has 0 aliphatic heterocycles. The van der Waals surface area contributed by atoms with Gasteiger partial charge in [-0.1, -0.05) is 11.8 Å². The predicted molar refractivity (Wildman–Crippen MR) is 58.8 cm³/mol. The molecule has 5 heteroatoms. The highest BCUT2D eigenvalue weighted by atomic mass is 32.2. The Balaban J connectivity index is 2.17. The predicted octanol–water partition coefficient (Wildman–Crippen LogP) is 2.83. The topological polar surface area (TPSA) is 63.3 Å². The van der Waals surface area contributed by atoms with Gasteiger partial charge in [0.05, 0.1) is 0 Å². The highest BCUT2D eigenvalue weighted by Crippen LogP contribution is 2.29. The fraction of sp³-hybridized carbons (Fsp3) is 0.0909. The molecule has 2 rings (SSSR count). The number of hydrogen-bond donors (Lipinski definition) is 1. The summed E-state index contributed by atoms with van der Waals surface area (Å²) in [6.07, 6.45) is 1.71. The third-order valence-electron chi connectivity index (χ3n) is 1.88. The van der Waals surface area contributed by atoms with E-state index in [1.54, 1.807) is 12.3 Å². The van der Waals surface area contributed by atoms with E-state index in [1.165, 1.54) is 17.8 Å². The van der Waals surface area contributed by atoms with Crippen LogP contribution in [0.15, 0.2) is 44.9 Å². The fourth-order valence-electron chi connectivity index (χ4n) is 1.19. The summed E-state index contributed by atoms with van der Waals surface area (Å²) in [5.74, 6) is -1.11. The Bertz CT molecular complexity index is 521. The molecule has 2 heterocycles. The van der Waals surface area contributed by atoms with E-state index in [2.05, 4.69) is 4.98 Å². The van der Waals surface area contributed by atoms with Gasteiger partial charge in [-0.2, -0.15) is 0 Å². The fourth-order valence-corrected chi connectivity index (χ4v) is 2.05. The third-order valence-corrected chi connectivity index (χ3v) is 2.79.